The Hall–Kier alpha value is -5.46. The van der Waals surface area contributed by atoms with Gasteiger partial charge in [-0.3, -0.25) is 0 Å². The van der Waals surface area contributed by atoms with E-state index < -0.39 is 59.1 Å². The minimum absolute atomic E-state index is 0. The molecule has 24 heteroatoms. The fraction of sp³-hybridized carbons (Fsp3) is 0.261. The van der Waals surface area contributed by atoms with E-state index >= 15 is 0 Å². The fourth-order valence-electron chi connectivity index (χ4n) is 7.35. The summed E-state index contributed by atoms with van der Waals surface area (Å²) in [5.74, 6) is -1.90. The van der Waals surface area contributed by atoms with Gasteiger partial charge in [-0.1, -0.05) is 67.0 Å². The molecule has 0 saturated heterocycles. The standard InChI is InChI=1S/C23H17ClF7NO2.C22H15ClF7NO2.CH4.Li.H2O/c1-12-8-16(21(25,22(26,27)28)23(29,30)31)9-13(2)19(12)32-7-6-15(11-32)14-4-5-18(24)17(10-14)20(33)34-3;1-11-7-15(20(24,21(25,26)27)22(28,29)30)8-12(2)18(11)31-6-5-14(10-31)13-3-4-17(23)16(9-13)19(32)33;;;/h4-11H,1-3H3;3-10H,1-2H3,(H,32,33);1H4;;1H2/q;;;+1;/p-1. The number of halogens is 16. The number of ether oxygens (including phenoxy) is 1. The van der Waals surface area contributed by atoms with Gasteiger partial charge < -0.3 is 24.5 Å². The number of carboxylic acid groups (broad SMARTS) is 1. The van der Waals surface area contributed by atoms with E-state index in [9.17, 15) is 76.2 Å². The van der Waals surface area contributed by atoms with Crippen molar-refractivity contribution in [2.75, 3.05) is 7.11 Å². The first kappa shape index (κ1) is 60.7. The minimum Gasteiger partial charge on any atom is -0.870 e. The number of aromatic nitrogens is 2. The van der Waals surface area contributed by atoms with E-state index in [1.807, 2.05) is 0 Å². The summed E-state index contributed by atoms with van der Waals surface area (Å²) in [5, 5.41) is 9.41. The van der Waals surface area contributed by atoms with Gasteiger partial charge in [-0.15, -0.1) is 0 Å². The maximum Gasteiger partial charge on any atom is 1.00 e. The van der Waals surface area contributed by atoms with E-state index in [1.54, 1.807) is 30.5 Å². The number of rotatable bonds is 8. The van der Waals surface area contributed by atoms with Crippen LogP contribution in [0.2, 0.25) is 10.0 Å². The van der Waals surface area contributed by atoms with Gasteiger partial charge in [0.2, 0.25) is 0 Å². The number of aryl methyl sites for hydroxylation is 4. The number of benzene rings is 4. The number of hydrogen-bond acceptors (Lipinski definition) is 4. The van der Waals surface area contributed by atoms with Crippen molar-refractivity contribution in [3.8, 4) is 33.6 Å². The van der Waals surface area contributed by atoms with E-state index in [4.69, 9.17) is 23.2 Å². The fourth-order valence-corrected chi connectivity index (χ4v) is 7.75. The minimum atomic E-state index is -6.21. The van der Waals surface area contributed by atoms with Crippen LogP contribution in [0.5, 0.6) is 0 Å². The number of methoxy groups -OCH3 is 1. The average Bonchev–Trinajstić information content (AvgIpc) is 3.89. The van der Waals surface area contributed by atoms with Crippen LogP contribution in [0.1, 0.15) is 61.5 Å². The SMILES string of the molecule is C.COC(=O)c1cc(-c2ccn(-c3c(C)cc(C(F)(C(F)(F)F)C(F)(F)F)cc3C)c2)ccc1Cl.Cc1cc(C(F)(C(F)(F)F)C(F)(F)F)cc(C)c1-n1ccc(-c2ccc(Cl)c(C(=O)O)c2)c1.[Li+].[OH-]. The third-order valence-corrected chi connectivity index (χ3v) is 11.1. The second-order valence-corrected chi connectivity index (χ2v) is 15.8. The second kappa shape index (κ2) is 21.5. The number of hydrogen-bond donors (Lipinski definition) is 1. The van der Waals surface area contributed by atoms with Gasteiger partial charge in [-0.25, -0.2) is 18.4 Å². The first-order valence-electron chi connectivity index (χ1n) is 18.9. The van der Waals surface area contributed by atoms with Crippen LogP contribution in [0.15, 0.2) is 97.6 Å². The Kier molecular flexibility index (Phi) is 18.6. The number of nitrogens with zero attached hydrogens (tertiary/aromatic N) is 2. The van der Waals surface area contributed by atoms with Crippen molar-refractivity contribution in [1.29, 1.82) is 0 Å². The van der Waals surface area contributed by atoms with Crippen molar-refractivity contribution in [1.82, 2.24) is 9.13 Å². The van der Waals surface area contributed by atoms with Crippen LogP contribution in [0.25, 0.3) is 33.6 Å². The van der Waals surface area contributed by atoms with Gasteiger partial charge in [0.1, 0.15) is 0 Å². The topological polar surface area (TPSA) is 103 Å². The molecule has 0 amide bonds. The third-order valence-electron chi connectivity index (χ3n) is 10.5. The Morgan fingerprint density at radius 1 is 0.514 bits per heavy atom. The van der Waals surface area contributed by atoms with Crippen LogP contribution < -0.4 is 18.9 Å². The summed E-state index contributed by atoms with van der Waals surface area (Å²) < 4.78 is 194. The van der Waals surface area contributed by atoms with Gasteiger partial charge in [0.15, 0.2) is 0 Å². The molecule has 2 heterocycles. The largest absolute Gasteiger partial charge is 1.00 e. The van der Waals surface area contributed by atoms with E-state index in [-0.39, 0.29) is 86.6 Å². The normalized spacial score (nSPS) is 12.2. The second-order valence-electron chi connectivity index (χ2n) is 15.0. The molecule has 0 aliphatic rings. The Bertz CT molecular complexity index is 2800. The van der Waals surface area contributed by atoms with Crippen LogP contribution in [0.4, 0.5) is 61.5 Å². The summed E-state index contributed by atoms with van der Waals surface area (Å²) in [6.45, 7) is 5.11. The van der Waals surface area contributed by atoms with E-state index in [1.165, 1.54) is 86.8 Å². The van der Waals surface area contributed by atoms with E-state index in [0.717, 1.165) is 0 Å². The smallest absolute Gasteiger partial charge is 0.870 e. The molecule has 0 bridgehead atoms. The maximum atomic E-state index is 14.5. The van der Waals surface area contributed by atoms with Crippen molar-refractivity contribution in [3.05, 3.63) is 152 Å². The van der Waals surface area contributed by atoms with Crippen molar-refractivity contribution in [3.63, 3.8) is 0 Å². The van der Waals surface area contributed by atoms with Gasteiger partial charge in [-0.2, -0.15) is 52.7 Å². The zero-order chi connectivity index (χ0) is 50.6. The molecule has 6 aromatic rings. The predicted molar refractivity (Wildman–Crippen MR) is 228 cm³/mol. The zero-order valence-electron chi connectivity index (χ0n) is 36.3. The summed E-state index contributed by atoms with van der Waals surface area (Å²) in [4.78, 5) is 23.2. The maximum absolute atomic E-state index is 14.5. The average molecular weight is 1040 g/mol. The molecule has 4 aromatic carbocycles. The summed E-state index contributed by atoms with van der Waals surface area (Å²) in [7, 11) is 1.20. The molecule has 0 unspecified atom stereocenters. The summed E-state index contributed by atoms with van der Waals surface area (Å²) in [6.07, 6.45) is -18.7. The van der Waals surface area contributed by atoms with Gasteiger partial charge in [0.25, 0.3) is 0 Å². The number of aromatic carboxylic acids is 1. The summed E-state index contributed by atoms with van der Waals surface area (Å²) in [6, 6.07) is 14.2. The molecule has 70 heavy (non-hydrogen) atoms. The molecule has 0 spiro atoms. The molecule has 374 valence electrons. The van der Waals surface area contributed by atoms with Gasteiger partial charge in [0, 0.05) is 35.9 Å². The molecule has 6 rings (SSSR count). The molecule has 0 atom stereocenters. The molecule has 0 aliphatic heterocycles. The van der Waals surface area contributed by atoms with Crippen LogP contribution in [-0.4, -0.2) is 63.5 Å². The van der Waals surface area contributed by atoms with Crippen LogP contribution in [-0.2, 0) is 16.1 Å². The molecular formula is C46H37Cl2F14LiN2O5. The molecule has 0 radical (unpaired) electrons. The number of carbonyl (C=O) groups excluding carboxylic acids is 1. The zero-order valence-corrected chi connectivity index (χ0v) is 37.8. The van der Waals surface area contributed by atoms with Crippen molar-refractivity contribution >= 4 is 35.1 Å². The Balaban J connectivity index is 0.000000461. The monoisotopic (exact) mass is 1040 g/mol. The molecule has 0 fully saturated rings. The molecule has 0 aliphatic carbocycles. The first-order chi connectivity index (χ1) is 30.7. The predicted octanol–water partition coefficient (Wildman–Crippen LogP) is 12.4. The number of carbonyl (C=O) groups is 2. The summed E-state index contributed by atoms with van der Waals surface area (Å²) in [5.41, 5.74) is -11.5. The summed E-state index contributed by atoms with van der Waals surface area (Å²) >= 11 is 11.9. The number of esters is 1. The Morgan fingerprint density at radius 2 is 0.814 bits per heavy atom. The number of alkyl halides is 14. The molecule has 2 N–H and O–H groups in total. The van der Waals surface area contributed by atoms with Crippen LogP contribution in [0, 0.1) is 27.7 Å². The van der Waals surface area contributed by atoms with Gasteiger partial charge >= 0.3 is 66.8 Å². The van der Waals surface area contributed by atoms with Crippen molar-refractivity contribution < 1.29 is 105 Å². The third kappa shape index (κ3) is 11.3. The molecule has 0 saturated carbocycles. The van der Waals surface area contributed by atoms with Gasteiger partial charge in [0.05, 0.1) is 39.7 Å². The Morgan fingerprint density at radius 3 is 1.10 bits per heavy atom. The van der Waals surface area contributed by atoms with E-state index in [0.29, 0.717) is 46.5 Å². The quantitative estimate of drug-likeness (QED) is 0.0929. The van der Waals surface area contributed by atoms with Crippen LogP contribution >= 0.6 is 23.2 Å². The number of carboxylic acids is 1. The molecular weight excluding hydrogens is 1000 g/mol. The van der Waals surface area contributed by atoms with Crippen molar-refractivity contribution in [2.45, 2.75) is 71.2 Å². The van der Waals surface area contributed by atoms with Crippen molar-refractivity contribution in [2.24, 2.45) is 0 Å². The Labute approximate surface area is 412 Å². The van der Waals surface area contributed by atoms with Crippen LogP contribution in [0.3, 0.4) is 0 Å². The molecule has 7 nitrogen and oxygen atoms in total. The first-order valence-corrected chi connectivity index (χ1v) is 19.6. The molecule has 2 aromatic heterocycles. The van der Waals surface area contributed by atoms with E-state index in [2.05, 4.69) is 4.74 Å². The van der Waals surface area contributed by atoms with Gasteiger partial charge in [-0.05, 0) is 109 Å².